The topological polar surface area (TPSA) is 38.0 Å². The second-order valence-corrected chi connectivity index (χ2v) is 4.50. The van der Waals surface area contributed by atoms with E-state index in [1.807, 2.05) is 0 Å². The van der Waals surface area contributed by atoms with Crippen molar-refractivity contribution in [1.82, 2.24) is 5.43 Å². The Labute approximate surface area is 91.8 Å². The van der Waals surface area contributed by atoms with E-state index in [-0.39, 0.29) is 0 Å². The van der Waals surface area contributed by atoms with E-state index in [0.717, 1.165) is 0 Å². The summed E-state index contributed by atoms with van der Waals surface area (Å²) in [5.74, 6) is 6.31. The average molecular weight is 204 g/mol. The van der Waals surface area contributed by atoms with Gasteiger partial charge in [0, 0.05) is 6.04 Å². The lowest BCUT2D eigenvalue weighted by atomic mass is 9.94. The molecule has 3 N–H and O–H groups in total. The molecule has 2 heteroatoms. The van der Waals surface area contributed by atoms with Crippen LogP contribution in [-0.4, -0.2) is 6.04 Å². The number of hydrazine groups is 1. The Morgan fingerprint density at radius 3 is 2.40 bits per heavy atom. The first-order valence-electron chi connectivity index (χ1n) is 5.88. The van der Waals surface area contributed by atoms with Crippen LogP contribution < -0.4 is 11.3 Å². The van der Waals surface area contributed by atoms with Crippen molar-refractivity contribution >= 4 is 0 Å². The second kappa shape index (κ2) is 4.77. The highest BCUT2D eigenvalue weighted by atomic mass is 15.2. The molecule has 1 unspecified atom stereocenters. The van der Waals surface area contributed by atoms with Gasteiger partial charge in [-0.3, -0.25) is 11.3 Å². The Bertz CT molecular complexity index is 297. The van der Waals surface area contributed by atoms with E-state index in [4.69, 9.17) is 5.84 Å². The van der Waals surface area contributed by atoms with Crippen LogP contribution in [0.25, 0.3) is 0 Å². The Morgan fingerprint density at radius 2 is 1.93 bits per heavy atom. The molecule has 0 amide bonds. The molecule has 0 aromatic heterocycles. The fourth-order valence-corrected chi connectivity index (χ4v) is 2.64. The first-order chi connectivity index (χ1) is 7.35. The fraction of sp³-hybridized carbons (Fsp3) is 0.538. The summed E-state index contributed by atoms with van der Waals surface area (Å²) in [6.45, 7) is 2.21. The lowest BCUT2D eigenvalue weighted by molar-refractivity contribution is 0.347. The number of fused-ring (bicyclic) bond motifs is 1. The van der Waals surface area contributed by atoms with Crippen molar-refractivity contribution in [1.29, 1.82) is 0 Å². The molecule has 15 heavy (non-hydrogen) atoms. The Hall–Kier alpha value is -0.860. The molecule has 0 bridgehead atoms. The van der Waals surface area contributed by atoms with Crippen molar-refractivity contribution in [2.75, 3.05) is 0 Å². The molecule has 0 fully saturated rings. The molecule has 0 heterocycles. The molecule has 0 saturated carbocycles. The number of rotatable bonds is 4. The highest BCUT2D eigenvalue weighted by Gasteiger charge is 2.26. The van der Waals surface area contributed by atoms with Crippen molar-refractivity contribution in [3.05, 3.63) is 35.4 Å². The molecule has 82 valence electrons. The van der Waals surface area contributed by atoms with Gasteiger partial charge in [-0.25, -0.2) is 0 Å². The highest BCUT2D eigenvalue weighted by molar-refractivity contribution is 5.32. The van der Waals surface area contributed by atoms with Crippen LogP contribution in [0.15, 0.2) is 24.3 Å². The summed E-state index contributed by atoms with van der Waals surface area (Å²) in [6, 6.07) is 9.23. The van der Waals surface area contributed by atoms with E-state index in [1.165, 1.54) is 36.8 Å². The Morgan fingerprint density at radius 1 is 1.33 bits per heavy atom. The summed E-state index contributed by atoms with van der Waals surface area (Å²) >= 11 is 0. The van der Waals surface area contributed by atoms with Crippen LogP contribution in [0.3, 0.4) is 0 Å². The number of nitrogens with one attached hydrogen (secondary N) is 1. The molecule has 0 aliphatic heterocycles. The summed E-state index contributed by atoms with van der Waals surface area (Å²) in [5, 5.41) is 0. The summed E-state index contributed by atoms with van der Waals surface area (Å²) in [7, 11) is 0. The zero-order valence-corrected chi connectivity index (χ0v) is 9.37. The van der Waals surface area contributed by atoms with Crippen LogP contribution >= 0.6 is 0 Å². The van der Waals surface area contributed by atoms with E-state index < -0.39 is 0 Å². The molecule has 1 aliphatic rings. The number of benzene rings is 1. The smallest absolute Gasteiger partial charge is 0.0245 e. The van der Waals surface area contributed by atoms with Gasteiger partial charge in [0.2, 0.25) is 0 Å². The van der Waals surface area contributed by atoms with Crippen molar-refractivity contribution in [3.63, 3.8) is 0 Å². The molecular weight excluding hydrogens is 184 g/mol. The lowest BCUT2D eigenvalue weighted by Gasteiger charge is -2.21. The molecule has 1 aromatic carbocycles. The first kappa shape index (κ1) is 10.7. The molecule has 1 aliphatic carbocycles. The minimum atomic E-state index is 0.474. The van der Waals surface area contributed by atoms with Gasteiger partial charge in [-0.05, 0) is 36.3 Å². The third-order valence-electron chi connectivity index (χ3n) is 3.47. The predicted molar refractivity (Wildman–Crippen MR) is 63.4 cm³/mol. The van der Waals surface area contributed by atoms with E-state index in [2.05, 4.69) is 36.6 Å². The van der Waals surface area contributed by atoms with E-state index in [0.29, 0.717) is 12.0 Å². The van der Waals surface area contributed by atoms with Crippen LogP contribution in [0.5, 0.6) is 0 Å². The third kappa shape index (κ3) is 2.21. The van der Waals surface area contributed by atoms with E-state index in [1.54, 1.807) is 0 Å². The molecule has 0 saturated heterocycles. The lowest BCUT2D eigenvalue weighted by Crippen LogP contribution is -2.41. The number of nitrogens with two attached hydrogens (primary N) is 1. The van der Waals surface area contributed by atoms with Crippen LogP contribution in [0.4, 0.5) is 0 Å². The van der Waals surface area contributed by atoms with Crippen molar-refractivity contribution < 1.29 is 0 Å². The van der Waals surface area contributed by atoms with Gasteiger partial charge >= 0.3 is 0 Å². The Kier molecular flexibility index (Phi) is 3.39. The standard InChI is InChI=1S/C13H20N2/c1-2-5-13(15-14)12-8-10-6-3-4-7-11(10)9-12/h3-4,6-7,12-13,15H,2,5,8-9,14H2,1H3. The molecule has 2 nitrogen and oxygen atoms in total. The normalized spacial score (nSPS) is 17.7. The third-order valence-corrected chi connectivity index (χ3v) is 3.47. The van der Waals surface area contributed by atoms with Gasteiger partial charge in [0.1, 0.15) is 0 Å². The summed E-state index contributed by atoms with van der Waals surface area (Å²) in [4.78, 5) is 0. The monoisotopic (exact) mass is 204 g/mol. The quantitative estimate of drug-likeness (QED) is 0.582. The van der Waals surface area contributed by atoms with E-state index >= 15 is 0 Å². The van der Waals surface area contributed by atoms with Crippen LogP contribution in [0.2, 0.25) is 0 Å². The maximum atomic E-state index is 5.62. The fourth-order valence-electron chi connectivity index (χ4n) is 2.64. The van der Waals surface area contributed by atoms with Gasteiger partial charge in [-0.15, -0.1) is 0 Å². The van der Waals surface area contributed by atoms with Gasteiger partial charge in [-0.1, -0.05) is 37.6 Å². The SMILES string of the molecule is CCCC(NN)C1Cc2ccccc2C1. The van der Waals surface area contributed by atoms with Gasteiger partial charge < -0.3 is 0 Å². The van der Waals surface area contributed by atoms with Crippen LogP contribution in [-0.2, 0) is 12.8 Å². The number of hydrogen-bond acceptors (Lipinski definition) is 2. The van der Waals surface area contributed by atoms with Crippen molar-refractivity contribution in [3.8, 4) is 0 Å². The minimum absolute atomic E-state index is 0.474. The molecular formula is C13H20N2. The molecule has 1 aromatic rings. The molecule has 2 rings (SSSR count). The van der Waals surface area contributed by atoms with Crippen molar-refractivity contribution in [2.24, 2.45) is 11.8 Å². The summed E-state index contributed by atoms with van der Waals surface area (Å²) in [6.07, 6.45) is 4.74. The molecule has 0 radical (unpaired) electrons. The number of hydrogen-bond donors (Lipinski definition) is 2. The maximum absolute atomic E-state index is 5.62. The van der Waals surface area contributed by atoms with Gasteiger partial charge in [0.05, 0.1) is 0 Å². The van der Waals surface area contributed by atoms with Crippen LogP contribution in [0, 0.1) is 5.92 Å². The van der Waals surface area contributed by atoms with Gasteiger partial charge in [0.25, 0.3) is 0 Å². The van der Waals surface area contributed by atoms with E-state index in [9.17, 15) is 0 Å². The van der Waals surface area contributed by atoms with Crippen LogP contribution in [0.1, 0.15) is 30.9 Å². The second-order valence-electron chi connectivity index (χ2n) is 4.50. The highest BCUT2D eigenvalue weighted by Crippen LogP contribution is 2.29. The minimum Gasteiger partial charge on any atom is -0.271 e. The zero-order valence-electron chi connectivity index (χ0n) is 9.37. The maximum Gasteiger partial charge on any atom is 0.0245 e. The predicted octanol–water partition coefficient (Wildman–Crippen LogP) is 2.03. The largest absolute Gasteiger partial charge is 0.271 e. The molecule has 1 atom stereocenters. The zero-order chi connectivity index (χ0) is 10.7. The Balaban J connectivity index is 2.05. The first-order valence-corrected chi connectivity index (χ1v) is 5.88. The molecule has 0 spiro atoms. The van der Waals surface area contributed by atoms with Gasteiger partial charge in [0.15, 0.2) is 0 Å². The average Bonchev–Trinajstić information content (AvgIpc) is 2.69. The van der Waals surface area contributed by atoms with Crippen molar-refractivity contribution in [2.45, 2.75) is 38.6 Å². The summed E-state index contributed by atoms with van der Waals surface area (Å²) in [5.41, 5.74) is 6.01. The summed E-state index contributed by atoms with van der Waals surface area (Å²) < 4.78 is 0. The van der Waals surface area contributed by atoms with Gasteiger partial charge in [-0.2, -0.15) is 0 Å².